The van der Waals surface area contributed by atoms with Gasteiger partial charge in [0.05, 0.1) is 24.3 Å². The van der Waals surface area contributed by atoms with E-state index in [-0.39, 0.29) is 30.5 Å². The number of hydrogen-bond acceptors (Lipinski definition) is 5. The van der Waals surface area contributed by atoms with Crippen LogP contribution in [0.4, 0.5) is 4.39 Å². The highest BCUT2D eigenvalue weighted by atomic mass is 19.1. The Labute approximate surface area is 130 Å². The Bertz CT molecular complexity index is 733. The number of piperidine rings is 1. The molecule has 2 aliphatic heterocycles. The van der Waals surface area contributed by atoms with Gasteiger partial charge in [-0.3, -0.25) is 29.0 Å². The van der Waals surface area contributed by atoms with E-state index in [1.165, 1.54) is 12.1 Å². The van der Waals surface area contributed by atoms with Crippen molar-refractivity contribution in [1.82, 2.24) is 9.80 Å². The standard InChI is InChI=1S/C15H13FN2O5/c16-9-3-1-2-8-12(9)15(23)18(13(8)21)10-4-5-11(20)17(6-7-19)14(10)22/h1-3,10,19H,4-7H2/t10-/m0/s1. The van der Waals surface area contributed by atoms with Gasteiger partial charge in [0.2, 0.25) is 5.91 Å². The maximum atomic E-state index is 13.8. The molecule has 1 aromatic carbocycles. The summed E-state index contributed by atoms with van der Waals surface area (Å²) in [6.07, 6.45) is -0.0427. The predicted molar refractivity (Wildman–Crippen MR) is 73.7 cm³/mol. The smallest absolute Gasteiger partial charge is 0.265 e. The summed E-state index contributed by atoms with van der Waals surface area (Å²) in [5, 5.41) is 8.94. The van der Waals surface area contributed by atoms with Gasteiger partial charge in [-0.15, -0.1) is 0 Å². The lowest BCUT2D eigenvalue weighted by atomic mass is 10.0. The average Bonchev–Trinajstić information content (AvgIpc) is 2.77. The first kappa shape index (κ1) is 15.3. The van der Waals surface area contributed by atoms with Crippen molar-refractivity contribution < 1.29 is 28.7 Å². The van der Waals surface area contributed by atoms with Crippen LogP contribution in [0.1, 0.15) is 33.6 Å². The number of halogens is 1. The third-order valence-corrected chi connectivity index (χ3v) is 4.01. The maximum Gasteiger partial charge on any atom is 0.265 e. The summed E-state index contributed by atoms with van der Waals surface area (Å²) < 4.78 is 13.8. The second-order valence-corrected chi connectivity index (χ2v) is 5.30. The number of rotatable bonds is 3. The molecule has 2 heterocycles. The first-order valence-electron chi connectivity index (χ1n) is 7.09. The van der Waals surface area contributed by atoms with Gasteiger partial charge in [0.25, 0.3) is 17.7 Å². The molecule has 1 fully saturated rings. The summed E-state index contributed by atoms with van der Waals surface area (Å²) >= 11 is 0. The number of aliphatic hydroxyl groups excluding tert-OH is 1. The fourth-order valence-electron chi connectivity index (χ4n) is 2.94. The molecule has 4 amide bonds. The third kappa shape index (κ3) is 2.22. The van der Waals surface area contributed by atoms with Crippen LogP contribution < -0.4 is 0 Å². The number of amides is 4. The van der Waals surface area contributed by atoms with Crippen LogP contribution in [-0.4, -0.2) is 57.7 Å². The molecule has 8 heteroatoms. The van der Waals surface area contributed by atoms with Crippen molar-refractivity contribution in [1.29, 1.82) is 0 Å². The zero-order chi connectivity index (χ0) is 16.7. The molecule has 0 radical (unpaired) electrons. The molecule has 0 aromatic heterocycles. The van der Waals surface area contributed by atoms with Gasteiger partial charge in [-0.1, -0.05) is 6.07 Å². The monoisotopic (exact) mass is 320 g/mol. The van der Waals surface area contributed by atoms with Crippen LogP contribution in [0.3, 0.4) is 0 Å². The lowest BCUT2D eigenvalue weighted by Gasteiger charge is -2.34. The molecule has 0 aliphatic carbocycles. The van der Waals surface area contributed by atoms with E-state index < -0.39 is 42.1 Å². The summed E-state index contributed by atoms with van der Waals surface area (Å²) in [4.78, 5) is 50.4. The summed E-state index contributed by atoms with van der Waals surface area (Å²) in [7, 11) is 0. The Morgan fingerprint density at radius 3 is 2.57 bits per heavy atom. The van der Waals surface area contributed by atoms with Crippen LogP contribution in [0.2, 0.25) is 0 Å². The average molecular weight is 320 g/mol. The van der Waals surface area contributed by atoms with E-state index in [4.69, 9.17) is 5.11 Å². The normalized spacial score (nSPS) is 21.2. The molecule has 0 saturated carbocycles. The number of benzene rings is 1. The van der Waals surface area contributed by atoms with Crippen molar-refractivity contribution in [3.8, 4) is 0 Å². The number of fused-ring (bicyclic) bond motifs is 1. The summed E-state index contributed by atoms with van der Waals surface area (Å²) in [5.41, 5.74) is -0.440. The van der Waals surface area contributed by atoms with Crippen LogP contribution in [0.5, 0.6) is 0 Å². The number of carbonyl (C=O) groups is 4. The van der Waals surface area contributed by atoms with Gasteiger partial charge in [0, 0.05) is 6.42 Å². The fraction of sp³-hybridized carbons (Fsp3) is 0.333. The SMILES string of the molecule is O=C1CC[C@H](N2C(=O)c3cccc(F)c3C2=O)C(=O)N1CCO. The summed E-state index contributed by atoms with van der Waals surface area (Å²) in [6.45, 7) is -0.618. The van der Waals surface area contributed by atoms with Crippen molar-refractivity contribution in [2.24, 2.45) is 0 Å². The Balaban J connectivity index is 1.96. The maximum absolute atomic E-state index is 13.8. The molecule has 2 aliphatic rings. The van der Waals surface area contributed by atoms with Crippen molar-refractivity contribution in [3.05, 3.63) is 35.1 Å². The Morgan fingerprint density at radius 1 is 1.17 bits per heavy atom. The topological polar surface area (TPSA) is 95.0 Å². The van der Waals surface area contributed by atoms with Gasteiger partial charge >= 0.3 is 0 Å². The second kappa shape index (κ2) is 5.54. The van der Waals surface area contributed by atoms with E-state index in [0.717, 1.165) is 11.0 Å². The summed E-state index contributed by atoms with van der Waals surface area (Å²) in [5.74, 6) is -3.65. The molecule has 0 bridgehead atoms. The Hall–Kier alpha value is -2.61. The van der Waals surface area contributed by atoms with E-state index in [0.29, 0.717) is 4.90 Å². The number of carbonyl (C=O) groups excluding carboxylic acids is 4. The number of β-amino-alcohol motifs (C(OH)–C–C–N with tert-alkyl or cyclic N) is 1. The van der Waals surface area contributed by atoms with E-state index in [2.05, 4.69) is 0 Å². The Morgan fingerprint density at radius 2 is 1.91 bits per heavy atom. The number of imide groups is 2. The first-order valence-corrected chi connectivity index (χ1v) is 7.09. The highest BCUT2D eigenvalue weighted by Gasteiger charge is 2.47. The number of hydrogen-bond donors (Lipinski definition) is 1. The van der Waals surface area contributed by atoms with Gasteiger partial charge in [-0.05, 0) is 18.6 Å². The molecular weight excluding hydrogens is 307 g/mol. The number of aliphatic hydroxyl groups is 1. The lowest BCUT2D eigenvalue weighted by molar-refractivity contribution is -0.152. The number of nitrogens with zero attached hydrogens (tertiary/aromatic N) is 2. The molecule has 1 saturated heterocycles. The van der Waals surface area contributed by atoms with E-state index in [1.807, 2.05) is 0 Å². The van der Waals surface area contributed by atoms with E-state index >= 15 is 0 Å². The van der Waals surface area contributed by atoms with Gasteiger partial charge in [-0.25, -0.2) is 4.39 Å². The predicted octanol–water partition coefficient (Wildman–Crippen LogP) is -0.0684. The fourth-order valence-corrected chi connectivity index (χ4v) is 2.94. The van der Waals surface area contributed by atoms with Crippen LogP contribution in [0.15, 0.2) is 18.2 Å². The quantitative estimate of drug-likeness (QED) is 0.787. The van der Waals surface area contributed by atoms with Gasteiger partial charge in [0.1, 0.15) is 11.9 Å². The van der Waals surface area contributed by atoms with E-state index in [1.54, 1.807) is 0 Å². The molecule has 3 rings (SSSR count). The van der Waals surface area contributed by atoms with Crippen LogP contribution in [-0.2, 0) is 9.59 Å². The number of likely N-dealkylation sites (tertiary alicyclic amines) is 1. The third-order valence-electron chi connectivity index (χ3n) is 4.01. The molecule has 120 valence electrons. The molecule has 0 spiro atoms. The van der Waals surface area contributed by atoms with Crippen molar-refractivity contribution in [2.75, 3.05) is 13.2 Å². The molecule has 1 atom stereocenters. The van der Waals surface area contributed by atoms with Crippen LogP contribution in [0, 0.1) is 5.82 Å². The lowest BCUT2D eigenvalue weighted by Crippen LogP contribution is -2.56. The minimum Gasteiger partial charge on any atom is -0.395 e. The Kier molecular flexibility index (Phi) is 3.69. The van der Waals surface area contributed by atoms with Gasteiger partial charge < -0.3 is 5.11 Å². The summed E-state index contributed by atoms with van der Waals surface area (Å²) in [6, 6.07) is 2.54. The zero-order valence-electron chi connectivity index (χ0n) is 12.0. The largest absolute Gasteiger partial charge is 0.395 e. The molecule has 7 nitrogen and oxygen atoms in total. The van der Waals surface area contributed by atoms with Crippen molar-refractivity contribution in [3.63, 3.8) is 0 Å². The second-order valence-electron chi connectivity index (χ2n) is 5.30. The molecule has 0 unspecified atom stereocenters. The van der Waals surface area contributed by atoms with Crippen molar-refractivity contribution in [2.45, 2.75) is 18.9 Å². The minimum atomic E-state index is -1.16. The van der Waals surface area contributed by atoms with Crippen LogP contribution in [0.25, 0.3) is 0 Å². The molecular formula is C15H13FN2O5. The molecule has 23 heavy (non-hydrogen) atoms. The first-order chi connectivity index (χ1) is 11.0. The van der Waals surface area contributed by atoms with Crippen LogP contribution >= 0.6 is 0 Å². The highest BCUT2D eigenvalue weighted by molar-refractivity contribution is 6.23. The van der Waals surface area contributed by atoms with Gasteiger partial charge in [0.15, 0.2) is 0 Å². The van der Waals surface area contributed by atoms with Crippen molar-refractivity contribution >= 4 is 23.6 Å². The zero-order valence-corrected chi connectivity index (χ0v) is 12.0. The highest BCUT2D eigenvalue weighted by Crippen LogP contribution is 2.30. The molecule has 1 aromatic rings. The minimum absolute atomic E-state index is 0.00726. The van der Waals surface area contributed by atoms with E-state index in [9.17, 15) is 23.6 Å². The van der Waals surface area contributed by atoms with Gasteiger partial charge in [-0.2, -0.15) is 0 Å². The molecule has 1 N–H and O–H groups in total.